The molecule has 45 heavy (non-hydrogen) atoms. The highest BCUT2D eigenvalue weighted by atomic mass is 16.4. The second kappa shape index (κ2) is 16.3. The van der Waals surface area contributed by atoms with Crippen LogP contribution in [0.4, 0.5) is 5.82 Å². The number of carboxylic acid groups (broad SMARTS) is 1. The fraction of sp³-hybridized carbons (Fsp3) is 0.459. The highest BCUT2D eigenvalue weighted by Gasteiger charge is 2.33. The van der Waals surface area contributed by atoms with E-state index in [1.54, 1.807) is 0 Å². The zero-order valence-corrected chi connectivity index (χ0v) is 26.3. The molecule has 0 saturated carbocycles. The number of aliphatic hydroxyl groups is 1. The van der Waals surface area contributed by atoms with Gasteiger partial charge in [-0.3, -0.25) is 4.99 Å². The molecule has 0 amide bonds. The zero-order valence-electron chi connectivity index (χ0n) is 26.3. The van der Waals surface area contributed by atoms with Crippen molar-refractivity contribution in [2.45, 2.75) is 88.6 Å². The van der Waals surface area contributed by atoms with Crippen LogP contribution in [0.15, 0.2) is 77.4 Å². The highest BCUT2D eigenvalue weighted by Crippen LogP contribution is 2.43. The van der Waals surface area contributed by atoms with Crippen LogP contribution in [0.5, 0.6) is 0 Å². The second-order valence-electron chi connectivity index (χ2n) is 12.6. The summed E-state index contributed by atoms with van der Waals surface area (Å²) in [5.41, 5.74) is 9.53. The summed E-state index contributed by atoms with van der Waals surface area (Å²) in [7, 11) is 0. The largest absolute Gasteiger partial charge is 0.478 e. The van der Waals surface area contributed by atoms with Gasteiger partial charge < -0.3 is 31.6 Å². The number of rotatable bonds is 17. The molecule has 0 unspecified atom stereocenters. The van der Waals surface area contributed by atoms with Crippen molar-refractivity contribution in [2.24, 2.45) is 16.6 Å². The molecule has 2 aliphatic rings. The summed E-state index contributed by atoms with van der Waals surface area (Å²) >= 11 is 0. The number of hydrogen-bond donors (Lipinski definition) is 6. The number of aliphatic hydroxyl groups excluding tert-OH is 1. The van der Waals surface area contributed by atoms with Crippen molar-refractivity contribution < 1.29 is 15.0 Å². The number of hydrogen-bond acceptors (Lipinski definition) is 6. The van der Waals surface area contributed by atoms with Gasteiger partial charge in [0.2, 0.25) is 0 Å². The van der Waals surface area contributed by atoms with Gasteiger partial charge in [-0.05, 0) is 83.2 Å². The number of aromatic amines is 1. The first-order valence-electron chi connectivity index (χ1n) is 16.7. The summed E-state index contributed by atoms with van der Waals surface area (Å²) in [6.07, 6.45) is 19.7. The number of H-pyrrole nitrogens is 1. The van der Waals surface area contributed by atoms with Crippen LogP contribution in [-0.4, -0.2) is 52.4 Å². The first-order valence-corrected chi connectivity index (χ1v) is 16.7. The van der Waals surface area contributed by atoms with E-state index in [0.717, 1.165) is 43.5 Å². The maximum atomic E-state index is 12.2. The van der Waals surface area contributed by atoms with Gasteiger partial charge in [0.1, 0.15) is 5.82 Å². The molecule has 0 saturated heterocycles. The Morgan fingerprint density at radius 3 is 2.44 bits per heavy atom. The van der Waals surface area contributed by atoms with E-state index in [1.165, 1.54) is 60.1 Å². The molecule has 1 aliphatic carbocycles. The van der Waals surface area contributed by atoms with Crippen molar-refractivity contribution in [3.63, 3.8) is 0 Å². The molecule has 5 rings (SSSR count). The van der Waals surface area contributed by atoms with Gasteiger partial charge in [0, 0.05) is 25.4 Å². The fourth-order valence-corrected chi connectivity index (χ4v) is 7.09. The number of benzene rings is 2. The number of aliphatic carboxylic acids is 1. The molecule has 0 radical (unpaired) electrons. The number of fused-ring (bicyclic) bond motifs is 2. The molecule has 1 aliphatic heterocycles. The average molecular weight is 612 g/mol. The monoisotopic (exact) mass is 611 g/mol. The maximum absolute atomic E-state index is 12.2. The van der Waals surface area contributed by atoms with Gasteiger partial charge in [-0.25, -0.2) is 4.79 Å². The van der Waals surface area contributed by atoms with Crippen molar-refractivity contribution in [2.75, 3.05) is 18.5 Å². The van der Waals surface area contributed by atoms with Crippen LogP contribution in [0.1, 0.15) is 87.7 Å². The Bertz CT molecular complexity index is 1480. The number of nitrogens with one attached hydrogen (secondary N) is 3. The lowest BCUT2D eigenvalue weighted by Crippen LogP contribution is -2.48. The van der Waals surface area contributed by atoms with Crippen LogP contribution in [0.2, 0.25) is 0 Å². The van der Waals surface area contributed by atoms with E-state index in [1.807, 2.05) is 18.3 Å². The van der Waals surface area contributed by atoms with E-state index in [2.05, 4.69) is 69.2 Å². The number of allylic oxidation sites excluding steroid dienone is 1. The number of carboxylic acids is 1. The van der Waals surface area contributed by atoms with Gasteiger partial charge in [0.25, 0.3) is 0 Å². The Balaban J connectivity index is 1.39. The highest BCUT2D eigenvalue weighted by molar-refractivity contribution is 5.87. The number of carbonyl (C=O) groups is 1. The molecular weight excluding hydrogens is 562 g/mol. The molecular formula is C37H49N5O3. The Morgan fingerprint density at radius 1 is 1.02 bits per heavy atom. The number of guanidine groups is 1. The van der Waals surface area contributed by atoms with Crippen LogP contribution in [0.25, 0.3) is 16.8 Å². The summed E-state index contributed by atoms with van der Waals surface area (Å²) in [5.74, 6) is 0.789. The van der Waals surface area contributed by atoms with E-state index in [4.69, 9.17) is 10.8 Å². The Labute approximate surface area is 266 Å². The summed E-state index contributed by atoms with van der Waals surface area (Å²) in [6, 6.07) is 16.7. The minimum Gasteiger partial charge on any atom is -0.478 e. The van der Waals surface area contributed by atoms with E-state index < -0.39 is 5.97 Å². The van der Waals surface area contributed by atoms with E-state index in [-0.39, 0.29) is 18.0 Å². The van der Waals surface area contributed by atoms with E-state index in [9.17, 15) is 9.90 Å². The summed E-state index contributed by atoms with van der Waals surface area (Å²) in [4.78, 5) is 19.7. The number of unbranched alkanes of at least 4 members (excludes halogenated alkanes) is 7. The topological polar surface area (TPSA) is 136 Å². The smallest absolute Gasteiger partial charge is 0.328 e. The molecule has 0 fully saturated rings. The van der Waals surface area contributed by atoms with Crippen LogP contribution >= 0.6 is 0 Å². The zero-order chi connectivity index (χ0) is 31.4. The molecule has 7 N–H and O–H groups in total. The van der Waals surface area contributed by atoms with Crippen LogP contribution in [-0.2, 0) is 4.79 Å². The Hall–Kier alpha value is -4.04. The standard InChI is InChI=1S/C37H49N5O3/c38-37-40-20-18-33(42-37)32(25-36(44)45)34(41-35-15-11-19-39-35)24-29-17-16-28-22-26-12-8-9-13-27(26)23-31(28)30(29)14-7-5-3-1-2-4-6-10-21-43/h8-9,11-13,15-17,19,22-23,25,29-30,33-34,39,41,43H,1-7,10,14,18,20-21,24H2,(H,44,45)(H3,38,40,42)/b32-25+/t29-,30-,33+,34-/m0/s1. The number of aromatic nitrogens is 1. The lowest BCUT2D eigenvalue weighted by molar-refractivity contribution is -0.131. The molecule has 240 valence electrons. The lowest BCUT2D eigenvalue weighted by Gasteiger charge is -2.36. The number of nitrogens with zero attached hydrogens (tertiary/aromatic N) is 1. The minimum atomic E-state index is -0.963. The Morgan fingerprint density at radius 2 is 1.76 bits per heavy atom. The molecule has 0 bridgehead atoms. The summed E-state index contributed by atoms with van der Waals surface area (Å²) in [5, 5.41) is 28.4. The molecule has 3 aromatic rings. The number of anilines is 1. The maximum Gasteiger partial charge on any atom is 0.328 e. The van der Waals surface area contributed by atoms with Gasteiger partial charge in [-0.1, -0.05) is 87.4 Å². The van der Waals surface area contributed by atoms with Crippen LogP contribution < -0.4 is 16.4 Å². The first kappa shape index (κ1) is 32.4. The third kappa shape index (κ3) is 9.01. The average Bonchev–Trinajstić information content (AvgIpc) is 3.55. The van der Waals surface area contributed by atoms with Gasteiger partial charge in [0.05, 0.1) is 12.1 Å². The molecule has 2 aromatic carbocycles. The SMILES string of the molecule is NC1=NCC[C@H](/C(=C\C(=O)O)[C@H](C[C@@H]2C=Cc3cc4ccccc4cc3[C@H]2CCCCCCCCCCO)Nc2ccc[nH]2)N1. The Kier molecular flexibility index (Phi) is 11.7. The van der Waals surface area contributed by atoms with Crippen molar-refractivity contribution >= 4 is 34.6 Å². The van der Waals surface area contributed by atoms with Gasteiger partial charge in [-0.15, -0.1) is 0 Å². The van der Waals surface area contributed by atoms with Gasteiger partial charge in [0.15, 0.2) is 5.96 Å². The van der Waals surface area contributed by atoms with Crippen molar-refractivity contribution in [3.05, 3.63) is 83.6 Å². The fourth-order valence-electron chi connectivity index (χ4n) is 7.09. The summed E-state index contributed by atoms with van der Waals surface area (Å²) < 4.78 is 0. The quantitative estimate of drug-likeness (QED) is 0.0722. The molecule has 0 spiro atoms. The predicted molar refractivity (Wildman–Crippen MR) is 184 cm³/mol. The van der Waals surface area contributed by atoms with Crippen LogP contribution in [0, 0.1) is 5.92 Å². The molecule has 4 atom stereocenters. The van der Waals surface area contributed by atoms with Crippen LogP contribution in [0.3, 0.4) is 0 Å². The number of nitrogens with two attached hydrogens (primary N) is 1. The minimum absolute atomic E-state index is 0.217. The molecule has 8 heteroatoms. The predicted octanol–water partition coefficient (Wildman–Crippen LogP) is 6.96. The van der Waals surface area contributed by atoms with Gasteiger partial charge >= 0.3 is 5.97 Å². The molecule has 1 aromatic heterocycles. The third-order valence-corrected chi connectivity index (χ3v) is 9.37. The van der Waals surface area contributed by atoms with E-state index >= 15 is 0 Å². The van der Waals surface area contributed by atoms with Crippen molar-refractivity contribution in [1.82, 2.24) is 10.3 Å². The third-order valence-electron chi connectivity index (χ3n) is 9.37. The second-order valence-corrected chi connectivity index (χ2v) is 12.6. The normalized spacial score (nSPS) is 20.3. The van der Waals surface area contributed by atoms with Crippen molar-refractivity contribution in [1.29, 1.82) is 0 Å². The first-order chi connectivity index (χ1) is 22.0. The number of aliphatic imine (C=N–C) groups is 1. The molecule has 8 nitrogen and oxygen atoms in total. The van der Waals surface area contributed by atoms with Crippen molar-refractivity contribution in [3.8, 4) is 0 Å². The molecule has 2 heterocycles. The van der Waals surface area contributed by atoms with Gasteiger partial charge in [-0.2, -0.15) is 0 Å². The lowest BCUT2D eigenvalue weighted by atomic mass is 9.72. The summed E-state index contributed by atoms with van der Waals surface area (Å²) in [6.45, 7) is 0.853. The van der Waals surface area contributed by atoms with E-state index in [0.29, 0.717) is 31.4 Å².